The lowest BCUT2D eigenvalue weighted by Gasteiger charge is -1.95. The minimum absolute atomic E-state index is 0.166. The molecule has 0 unspecified atom stereocenters. The molecule has 0 saturated heterocycles. The van der Waals surface area contributed by atoms with Gasteiger partial charge >= 0.3 is 0 Å². The fourth-order valence-corrected chi connectivity index (χ4v) is 1.31. The molecular formula is C10H8N4OS. The maximum Gasteiger partial charge on any atom is 0.293 e. The smallest absolute Gasteiger partial charge is 0.265 e. The molecule has 0 saturated carbocycles. The van der Waals surface area contributed by atoms with Gasteiger partial charge in [0, 0.05) is 0 Å². The Hall–Kier alpha value is -2.08. The normalized spacial score (nSPS) is 10.8. The molecule has 6 heteroatoms. The van der Waals surface area contributed by atoms with Crippen molar-refractivity contribution < 1.29 is 0 Å². The zero-order valence-corrected chi connectivity index (χ0v) is 9.02. The Morgan fingerprint density at radius 3 is 2.81 bits per heavy atom. The molecule has 0 spiro atoms. The number of H-pyrrole nitrogens is 1. The number of hydrogen-bond donors (Lipinski definition) is 1. The summed E-state index contributed by atoms with van der Waals surface area (Å²) in [5.41, 5.74) is 0.525. The first-order valence-corrected chi connectivity index (χ1v) is 4.94. The third-order valence-electron chi connectivity index (χ3n) is 1.86. The molecule has 0 amide bonds. The van der Waals surface area contributed by atoms with Crippen LogP contribution in [0, 0.1) is 4.77 Å². The van der Waals surface area contributed by atoms with Crippen LogP contribution in [0.3, 0.4) is 0 Å². The first kappa shape index (κ1) is 10.4. The zero-order chi connectivity index (χ0) is 11.4. The predicted molar refractivity (Wildman–Crippen MR) is 63.1 cm³/mol. The fraction of sp³-hybridized carbons (Fsp3) is 0. The molecule has 0 bridgehead atoms. The topological polar surface area (TPSA) is 63.0 Å². The summed E-state index contributed by atoms with van der Waals surface area (Å²) in [6.45, 7) is 0. The van der Waals surface area contributed by atoms with E-state index >= 15 is 0 Å². The van der Waals surface area contributed by atoms with Gasteiger partial charge in [-0.05, 0) is 17.8 Å². The molecule has 80 valence electrons. The second kappa shape index (κ2) is 4.63. The van der Waals surface area contributed by atoms with E-state index in [1.807, 2.05) is 30.3 Å². The van der Waals surface area contributed by atoms with Crippen LogP contribution in [-0.2, 0) is 0 Å². The van der Waals surface area contributed by atoms with Crippen LogP contribution >= 0.6 is 12.2 Å². The van der Waals surface area contributed by atoms with Crippen molar-refractivity contribution in [2.45, 2.75) is 0 Å². The van der Waals surface area contributed by atoms with Gasteiger partial charge in [0.1, 0.15) is 6.20 Å². The third-order valence-corrected chi connectivity index (χ3v) is 2.12. The summed E-state index contributed by atoms with van der Waals surface area (Å²) in [5.74, 6) is 0. The van der Waals surface area contributed by atoms with Crippen LogP contribution in [0.4, 0.5) is 0 Å². The molecular weight excluding hydrogens is 224 g/mol. The van der Waals surface area contributed by atoms with Gasteiger partial charge in [-0.1, -0.05) is 30.3 Å². The largest absolute Gasteiger partial charge is 0.293 e. The molecule has 0 aliphatic carbocycles. The summed E-state index contributed by atoms with van der Waals surface area (Å²) in [6, 6.07) is 9.43. The van der Waals surface area contributed by atoms with Crippen LogP contribution in [0.15, 0.2) is 46.4 Å². The quantitative estimate of drug-likeness (QED) is 0.624. The van der Waals surface area contributed by atoms with E-state index in [4.69, 9.17) is 12.2 Å². The summed E-state index contributed by atoms with van der Waals surface area (Å²) in [5, 5.41) is 10.0. The van der Waals surface area contributed by atoms with Crippen molar-refractivity contribution in [3.8, 4) is 0 Å². The molecule has 1 N–H and O–H groups in total. The number of aromatic nitrogens is 3. The van der Waals surface area contributed by atoms with Crippen molar-refractivity contribution in [2.75, 3.05) is 0 Å². The van der Waals surface area contributed by atoms with Gasteiger partial charge in [0.15, 0.2) is 0 Å². The van der Waals surface area contributed by atoms with E-state index in [1.54, 1.807) is 6.21 Å². The number of aromatic amines is 1. The maximum atomic E-state index is 11.4. The van der Waals surface area contributed by atoms with E-state index in [9.17, 15) is 4.79 Å². The SMILES string of the molecule is O=c1cn[nH]c(=S)n1/N=C/c1ccccc1. The summed E-state index contributed by atoms with van der Waals surface area (Å²) < 4.78 is 1.25. The summed E-state index contributed by atoms with van der Waals surface area (Å²) in [6.07, 6.45) is 2.68. The lowest BCUT2D eigenvalue weighted by Crippen LogP contribution is -2.18. The maximum absolute atomic E-state index is 11.4. The summed E-state index contributed by atoms with van der Waals surface area (Å²) in [4.78, 5) is 11.4. The van der Waals surface area contributed by atoms with Crippen molar-refractivity contribution in [1.29, 1.82) is 0 Å². The lowest BCUT2D eigenvalue weighted by atomic mass is 10.2. The van der Waals surface area contributed by atoms with E-state index < -0.39 is 0 Å². The second-order valence-corrected chi connectivity index (χ2v) is 3.37. The number of nitrogens with zero attached hydrogens (tertiary/aromatic N) is 3. The van der Waals surface area contributed by atoms with E-state index in [-0.39, 0.29) is 10.3 Å². The van der Waals surface area contributed by atoms with E-state index in [2.05, 4.69) is 15.3 Å². The van der Waals surface area contributed by atoms with Crippen molar-refractivity contribution in [2.24, 2.45) is 5.10 Å². The molecule has 1 aromatic heterocycles. The number of hydrogen-bond acceptors (Lipinski definition) is 4. The highest BCUT2D eigenvalue weighted by Gasteiger charge is 1.93. The fourth-order valence-electron chi connectivity index (χ4n) is 1.12. The Morgan fingerprint density at radius 1 is 1.38 bits per heavy atom. The molecule has 1 aromatic carbocycles. The predicted octanol–water partition coefficient (Wildman–Crippen LogP) is 1.18. The molecule has 1 heterocycles. The molecule has 2 aromatic rings. The van der Waals surface area contributed by atoms with Gasteiger partial charge in [0.2, 0.25) is 4.77 Å². The van der Waals surface area contributed by atoms with Crippen molar-refractivity contribution in [3.63, 3.8) is 0 Å². The lowest BCUT2D eigenvalue weighted by molar-refractivity contribution is 0.738. The van der Waals surface area contributed by atoms with E-state index in [1.165, 1.54) is 0 Å². The number of nitrogens with one attached hydrogen (secondary N) is 1. The van der Waals surface area contributed by atoms with Crippen LogP contribution in [0.25, 0.3) is 0 Å². The van der Waals surface area contributed by atoms with E-state index in [0.29, 0.717) is 0 Å². The van der Waals surface area contributed by atoms with E-state index in [0.717, 1.165) is 16.4 Å². The van der Waals surface area contributed by atoms with Crippen molar-refractivity contribution in [3.05, 3.63) is 57.2 Å². The van der Waals surface area contributed by atoms with Gasteiger partial charge in [-0.3, -0.25) is 9.89 Å². The highest BCUT2D eigenvalue weighted by Crippen LogP contribution is 1.94. The Kier molecular flexibility index (Phi) is 3.02. The average molecular weight is 232 g/mol. The van der Waals surface area contributed by atoms with Crippen LogP contribution in [0.5, 0.6) is 0 Å². The third kappa shape index (κ3) is 2.29. The van der Waals surface area contributed by atoms with Gasteiger partial charge in [-0.2, -0.15) is 14.9 Å². The highest BCUT2D eigenvalue weighted by atomic mass is 32.1. The highest BCUT2D eigenvalue weighted by molar-refractivity contribution is 7.71. The van der Waals surface area contributed by atoms with Crippen molar-refractivity contribution in [1.82, 2.24) is 14.9 Å². The molecule has 5 nitrogen and oxygen atoms in total. The minimum Gasteiger partial charge on any atom is -0.265 e. The Bertz CT molecular complexity index is 586. The number of rotatable bonds is 2. The van der Waals surface area contributed by atoms with Crippen LogP contribution < -0.4 is 5.56 Å². The van der Waals surface area contributed by atoms with Gasteiger partial charge in [0.05, 0.1) is 6.21 Å². The minimum atomic E-state index is -0.365. The molecule has 0 fully saturated rings. The molecule has 16 heavy (non-hydrogen) atoms. The van der Waals surface area contributed by atoms with Gasteiger partial charge < -0.3 is 0 Å². The van der Waals surface area contributed by atoms with Crippen LogP contribution in [0.1, 0.15) is 5.56 Å². The molecule has 0 radical (unpaired) electrons. The molecule has 2 rings (SSSR count). The summed E-state index contributed by atoms with van der Waals surface area (Å²) in [7, 11) is 0. The molecule has 0 atom stereocenters. The van der Waals surface area contributed by atoms with Crippen LogP contribution in [-0.4, -0.2) is 21.1 Å². The van der Waals surface area contributed by atoms with Crippen LogP contribution in [0.2, 0.25) is 0 Å². The first-order valence-electron chi connectivity index (χ1n) is 4.53. The van der Waals surface area contributed by atoms with Gasteiger partial charge in [-0.15, -0.1) is 0 Å². The second-order valence-electron chi connectivity index (χ2n) is 2.98. The monoisotopic (exact) mass is 232 g/mol. The number of benzene rings is 1. The van der Waals surface area contributed by atoms with Gasteiger partial charge in [0.25, 0.3) is 5.56 Å². The average Bonchev–Trinajstić information content (AvgIpc) is 2.30. The Labute approximate surface area is 96.1 Å². The molecule has 0 aliphatic heterocycles. The standard InChI is InChI=1S/C10H8N4OS/c15-9-7-11-13-10(16)14(9)12-6-8-4-2-1-3-5-8/h1-7H,(H,13,16)/b12-6+. The Balaban J connectivity index is 2.39. The zero-order valence-electron chi connectivity index (χ0n) is 8.20. The Morgan fingerprint density at radius 2 is 2.12 bits per heavy atom. The van der Waals surface area contributed by atoms with Gasteiger partial charge in [-0.25, -0.2) is 0 Å². The molecule has 0 aliphatic rings. The van der Waals surface area contributed by atoms with Crippen molar-refractivity contribution >= 4 is 18.4 Å². The summed E-state index contributed by atoms with van der Waals surface area (Å²) >= 11 is 4.89. The first-order chi connectivity index (χ1) is 7.77.